The molecule has 5 nitrogen and oxygen atoms in total. The van der Waals surface area contributed by atoms with Gasteiger partial charge in [-0.2, -0.15) is 0 Å². The number of hydrogen-bond donors (Lipinski definition) is 2. The fourth-order valence-corrected chi connectivity index (χ4v) is 3.20. The van der Waals surface area contributed by atoms with Gasteiger partial charge in [0.1, 0.15) is 17.5 Å². The molecule has 1 aromatic carbocycles. The zero-order valence-corrected chi connectivity index (χ0v) is 13.0. The fraction of sp³-hybridized carbons (Fsp3) is 0.267. The molecule has 2 N–H and O–H groups in total. The second-order valence-electron chi connectivity index (χ2n) is 5.04. The van der Waals surface area contributed by atoms with Crippen molar-refractivity contribution in [1.82, 2.24) is 9.97 Å². The lowest BCUT2D eigenvalue weighted by Crippen LogP contribution is -2.31. The molecule has 0 fully saturated rings. The molecule has 8 heteroatoms. The summed E-state index contributed by atoms with van der Waals surface area (Å²) in [6.45, 7) is 1.90. The van der Waals surface area contributed by atoms with Gasteiger partial charge in [-0.3, -0.25) is 9.59 Å². The molecule has 1 aliphatic heterocycles. The number of hydrogen-bond acceptors (Lipinski definition) is 4. The number of carbonyl (C=O) groups excluding carboxylic acids is 1. The van der Waals surface area contributed by atoms with Crippen molar-refractivity contribution in [3.63, 3.8) is 0 Å². The summed E-state index contributed by atoms with van der Waals surface area (Å²) in [6, 6.07) is 3.10. The Bertz CT molecular complexity index is 838. The first-order chi connectivity index (χ1) is 11.0. The molecule has 0 spiro atoms. The molecular formula is C15H13F2N3O2S. The van der Waals surface area contributed by atoms with Crippen LogP contribution in [0.25, 0.3) is 0 Å². The van der Waals surface area contributed by atoms with E-state index in [2.05, 4.69) is 15.3 Å². The molecule has 1 amide bonds. The number of nitrogens with one attached hydrogen (secondary N) is 2. The molecule has 1 aromatic heterocycles. The van der Waals surface area contributed by atoms with E-state index in [1.165, 1.54) is 17.8 Å². The Hall–Kier alpha value is -2.22. The summed E-state index contributed by atoms with van der Waals surface area (Å²) in [4.78, 5) is 31.1. The first-order valence-electron chi connectivity index (χ1n) is 7.01. The maximum atomic E-state index is 14.1. The summed E-state index contributed by atoms with van der Waals surface area (Å²) in [5.74, 6) is -1.83. The van der Waals surface area contributed by atoms with Gasteiger partial charge in [0.25, 0.3) is 5.56 Å². The molecule has 3 rings (SSSR count). The van der Waals surface area contributed by atoms with Gasteiger partial charge in [-0.1, -0.05) is 24.8 Å². The van der Waals surface area contributed by atoms with Crippen molar-refractivity contribution < 1.29 is 13.6 Å². The third-order valence-corrected chi connectivity index (χ3v) is 4.30. The Balaban J connectivity index is 2.15. The number of carbonyl (C=O) groups is 1. The molecule has 0 aliphatic carbocycles. The van der Waals surface area contributed by atoms with Gasteiger partial charge in [0, 0.05) is 18.4 Å². The van der Waals surface area contributed by atoms with Gasteiger partial charge in [0.15, 0.2) is 5.16 Å². The lowest BCUT2D eigenvalue weighted by Gasteiger charge is -2.24. The van der Waals surface area contributed by atoms with Crippen molar-refractivity contribution in [3.8, 4) is 0 Å². The summed E-state index contributed by atoms with van der Waals surface area (Å²) < 4.78 is 27.2. The molecule has 23 heavy (non-hydrogen) atoms. The Morgan fingerprint density at radius 1 is 1.35 bits per heavy atom. The summed E-state index contributed by atoms with van der Waals surface area (Å²) in [6.07, 6.45) is -0.0966. The molecule has 2 heterocycles. The van der Waals surface area contributed by atoms with E-state index in [1.807, 2.05) is 6.92 Å². The van der Waals surface area contributed by atoms with Crippen molar-refractivity contribution in [1.29, 1.82) is 0 Å². The van der Waals surface area contributed by atoms with Crippen molar-refractivity contribution in [2.24, 2.45) is 0 Å². The van der Waals surface area contributed by atoms with Crippen LogP contribution in [0, 0.1) is 11.6 Å². The summed E-state index contributed by atoms with van der Waals surface area (Å²) >= 11 is 1.32. The molecule has 2 aromatic rings. The third-order valence-electron chi connectivity index (χ3n) is 3.55. The van der Waals surface area contributed by atoms with Crippen molar-refractivity contribution >= 4 is 23.5 Å². The van der Waals surface area contributed by atoms with Crippen LogP contribution < -0.4 is 10.9 Å². The predicted molar refractivity (Wildman–Crippen MR) is 82.7 cm³/mol. The molecule has 0 bridgehead atoms. The number of anilines is 1. The van der Waals surface area contributed by atoms with E-state index < -0.39 is 23.1 Å². The highest BCUT2D eigenvalue weighted by molar-refractivity contribution is 7.99. The highest BCUT2D eigenvalue weighted by Crippen LogP contribution is 2.35. The number of fused-ring (bicyclic) bond motifs is 1. The van der Waals surface area contributed by atoms with Gasteiger partial charge in [0.2, 0.25) is 5.91 Å². The molecule has 0 saturated heterocycles. The summed E-state index contributed by atoms with van der Waals surface area (Å²) in [5.41, 5.74) is -0.138. The summed E-state index contributed by atoms with van der Waals surface area (Å²) in [5, 5.41) is 2.94. The molecule has 0 saturated carbocycles. The Labute approximate surface area is 134 Å². The van der Waals surface area contributed by atoms with E-state index in [1.54, 1.807) is 0 Å². The Morgan fingerprint density at radius 3 is 2.83 bits per heavy atom. The van der Waals surface area contributed by atoms with Crippen molar-refractivity contribution in [2.45, 2.75) is 24.4 Å². The number of thioether (sulfide) groups is 1. The largest absolute Gasteiger partial charge is 0.310 e. The minimum Gasteiger partial charge on any atom is -0.310 e. The second-order valence-corrected chi connectivity index (χ2v) is 6.29. The van der Waals surface area contributed by atoms with Gasteiger partial charge in [-0.05, 0) is 17.4 Å². The summed E-state index contributed by atoms with van der Waals surface area (Å²) in [7, 11) is 0. The standard InChI is InChI=1S/C15H13F2N3O2S/c1-2-23-15-19-13-12(14(22)20-15)9(6-11(21)18-13)8-4-3-7(16)5-10(8)17/h3-5,9H,2,6H2,1H3,(H2,18,19,20,21,22)/t9-/m1/s1. The van der Waals surface area contributed by atoms with Crippen molar-refractivity contribution in [2.75, 3.05) is 11.1 Å². The van der Waals surface area contributed by atoms with Crippen LogP contribution in [0.3, 0.4) is 0 Å². The number of aromatic nitrogens is 2. The smallest absolute Gasteiger partial charge is 0.257 e. The van der Waals surface area contributed by atoms with E-state index >= 15 is 0 Å². The lowest BCUT2D eigenvalue weighted by atomic mass is 9.86. The molecule has 120 valence electrons. The lowest BCUT2D eigenvalue weighted by molar-refractivity contribution is -0.116. The van der Waals surface area contributed by atoms with E-state index in [-0.39, 0.29) is 29.3 Å². The van der Waals surface area contributed by atoms with Crippen LogP contribution >= 0.6 is 11.8 Å². The molecule has 0 unspecified atom stereocenters. The van der Waals surface area contributed by atoms with Crippen LogP contribution in [-0.4, -0.2) is 21.6 Å². The average molecular weight is 337 g/mol. The van der Waals surface area contributed by atoms with Crippen LogP contribution in [0.2, 0.25) is 0 Å². The first kappa shape index (κ1) is 15.7. The maximum Gasteiger partial charge on any atom is 0.257 e. The topological polar surface area (TPSA) is 74.8 Å². The number of benzene rings is 1. The van der Waals surface area contributed by atoms with Gasteiger partial charge in [-0.25, -0.2) is 13.8 Å². The second kappa shape index (κ2) is 6.11. The number of halogens is 2. The number of aromatic amines is 1. The van der Waals surface area contributed by atoms with Crippen LogP contribution in [0.4, 0.5) is 14.6 Å². The zero-order chi connectivity index (χ0) is 16.6. The van der Waals surface area contributed by atoms with Crippen molar-refractivity contribution in [3.05, 3.63) is 51.3 Å². The van der Waals surface area contributed by atoms with Crippen LogP contribution in [0.1, 0.15) is 30.4 Å². The van der Waals surface area contributed by atoms with E-state index in [0.29, 0.717) is 10.9 Å². The molecule has 1 atom stereocenters. The van der Waals surface area contributed by atoms with Crippen LogP contribution in [0.15, 0.2) is 28.2 Å². The van der Waals surface area contributed by atoms with Gasteiger partial charge in [-0.15, -0.1) is 0 Å². The Morgan fingerprint density at radius 2 is 2.13 bits per heavy atom. The Kier molecular flexibility index (Phi) is 4.16. The number of amides is 1. The molecular weight excluding hydrogens is 324 g/mol. The van der Waals surface area contributed by atoms with Gasteiger partial charge >= 0.3 is 0 Å². The van der Waals surface area contributed by atoms with Gasteiger partial charge in [0.05, 0.1) is 5.56 Å². The monoisotopic (exact) mass is 337 g/mol. The number of nitrogens with zero attached hydrogens (tertiary/aromatic N) is 1. The van der Waals surface area contributed by atoms with E-state index in [0.717, 1.165) is 12.1 Å². The normalized spacial score (nSPS) is 16.8. The minimum absolute atomic E-state index is 0.0966. The fourth-order valence-electron chi connectivity index (χ4n) is 2.61. The highest BCUT2D eigenvalue weighted by atomic mass is 32.2. The number of rotatable bonds is 3. The molecule has 0 radical (unpaired) electrons. The average Bonchev–Trinajstić information content (AvgIpc) is 2.46. The van der Waals surface area contributed by atoms with E-state index in [4.69, 9.17) is 0 Å². The predicted octanol–water partition coefficient (Wildman–Crippen LogP) is 2.63. The SMILES string of the molecule is CCSc1nc2c(c(=O)[nH]1)[C@@H](c1ccc(F)cc1F)CC(=O)N2. The zero-order valence-electron chi connectivity index (χ0n) is 12.2. The third kappa shape index (κ3) is 2.98. The number of H-pyrrole nitrogens is 1. The minimum atomic E-state index is -0.795. The maximum absolute atomic E-state index is 14.1. The molecule has 1 aliphatic rings. The van der Waals surface area contributed by atoms with Crippen LogP contribution in [0.5, 0.6) is 0 Å². The van der Waals surface area contributed by atoms with Crippen LogP contribution in [-0.2, 0) is 4.79 Å². The highest BCUT2D eigenvalue weighted by Gasteiger charge is 2.32. The van der Waals surface area contributed by atoms with Gasteiger partial charge < -0.3 is 10.3 Å². The first-order valence-corrected chi connectivity index (χ1v) is 8.00. The van der Waals surface area contributed by atoms with E-state index in [9.17, 15) is 18.4 Å². The quantitative estimate of drug-likeness (QED) is 0.667.